The molecular weight excluding hydrogens is 705 g/mol. The minimum absolute atomic E-state index is 0. The number of aryl methyl sites for hydroxylation is 1. The molecule has 4 nitrogen and oxygen atoms in total. The largest absolute Gasteiger partial charge is 3.00 e. The summed E-state index contributed by atoms with van der Waals surface area (Å²) in [6.45, 7) is 4.19. The van der Waals surface area contributed by atoms with Crippen molar-refractivity contribution in [1.29, 1.82) is 0 Å². The fraction of sp³-hybridized carbons (Fsp3) is 0.0526. The zero-order valence-corrected chi connectivity index (χ0v) is 26.1. The van der Waals surface area contributed by atoms with Gasteiger partial charge < -0.3 is 19.2 Å². The van der Waals surface area contributed by atoms with E-state index in [9.17, 15) is 0 Å². The molecule has 0 saturated heterocycles. The van der Waals surface area contributed by atoms with Gasteiger partial charge in [-0.05, 0) is 48.8 Å². The molecule has 0 aliphatic carbocycles. The van der Waals surface area contributed by atoms with E-state index in [1.807, 2.05) is 43.5 Å². The molecule has 0 radical (unpaired) electrons. The standard InChI is InChI=1S/C26H17N3.C12H10N.Ir/c1-27-16-28(22-13-5-4-12-21(22)27)23-14-7-15-24-25(23)19-10-6-9-18-17-8-2-3-11-20(17)29(24)26(18)19;1-10-7-8-12(13-9-10)11-5-3-2-4-6-11;/h2-13,15-16H,1H3;2-5,7-9H,1H3;/q-2;-1;+3. The van der Waals surface area contributed by atoms with Crippen molar-refractivity contribution in [1.82, 2.24) is 9.38 Å². The third kappa shape index (κ3) is 4.36. The van der Waals surface area contributed by atoms with Crippen molar-refractivity contribution in [2.45, 2.75) is 6.92 Å². The summed E-state index contributed by atoms with van der Waals surface area (Å²) in [6.07, 6.45) is 1.87. The predicted octanol–water partition coefficient (Wildman–Crippen LogP) is 9.20. The van der Waals surface area contributed by atoms with Gasteiger partial charge >= 0.3 is 20.1 Å². The Hall–Kier alpha value is -4.70. The number of para-hydroxylation sites is 4. The average molecular weight is 732 g/mol. The first-order valence-corrected chi connectivity index (χ1v) is 14.1. The van der Waals surface area contributed by atoms with E-state index in [2.05, 4.69) is 130 Å². The summed E-state index contributed by atoms with van der Waals surface area (Å²) in [6, 6.07) is 46.7. The molecular formula is C38H27IrN4. The van der Waals surface area contributed by atoms with E-state index >= 15 is 0 Å². The fourth-order valence-corrected chi connectivity index (χ4v) is 6.21. The van der Waals surface area contributed by atoms with Crippen LogP contribution >= 0.6 is 0 Å². The van der Waals surface area contributed by atoms with Crippen molar-refractivity contribution >= 4 is 55.2 Å². The maximum Gasteiger partial charge on any atom is 3.00 e. The second-order valence-corrected chi connectivity index (χ2v) is 10.7. The van der Waals surface area contributed by atoms with E-state index in [0.717, 1.165) is 16.9 Å². The Morgan fingerprint density at radius 1 is 0.674 bits per heavy atom. The first kappa shape index (κ1) is 27.2. The van der Waals surface area contributed by atoms with Crippen LogP contribution in [0, 0.1) is 25.7 Å². The summed E-state index contributed by atoms with van der Waals surface area (Å²) in [4.78, 5) is 8.76. The van der Waals surface area contributed by atoms with Gasteiger partial charge in [-0.1, -0.05) is 77.3 Å². The summed E-state index contributed by atoms with van der Waals surface area (Å²) in [5.74, 6) is 0. The van der Waals surface area contributed by atoms with Crippen LogP contribution in [0.2, 0.25) is 0 Å². The van der Waals surface area contributed by atoms with Gasteiger partial charge in [0.25, 0.3) is 0 Å². The zero-order valence-electron chi connectivity index (χ0n) is 23.7. The van der Waals surface area contributed by atoms with Crippen molar-refractivity contribution in [2.75, 3.05) is 16.8 Å². The number of aromatic nitrogens is 2. The summed E-state index contributed by atoms with van der Waals surface area (Å²) in [5, 5.41) is 5.14. The maximum atomic E-state index is 4.32. The van der Waals surface area contributed by atoms with Crippen LogP contribution in [0.25, 0.3) is 49.4 Å². The molecule has 5 heteroatoms. The minimum atomic E-state index is 0. The first-order chi connectivity index (χ1) is 20.7. The summed E-state index contributed by atoms with van der Waals surface area (Å²) >= 11 is 0. The summed E-state index contributed by atoms with van der Waals surface area (Å²) in [7, 11) is 2.10. The van der Waals surface area contributed by atoms with Crippen LogP contribution in [0.1, 0.15) is 5.56 Å². The van der Waals surface area contributed by atoms with Crippen LogP contribution in [-0.4, -0.2) is 16.4 Å². The number of pyridine rings is 1. The molecule has 208 valence electrons. The van der Waals surface area contributed by atoms with E-state index < -0.39 is 0 Å². The number of benzene rings is 5. The molecule has 43 heavy (non-hydrogen) atoms. The molecule has 0 fully saturated rings. The third-order valence-corrected chi connectivity index (χ3v) is 8.11. The molecule has 4 heterocycles. The topological polar surface area (TPSA) is 23.8 Å². The number of fused-ring (bicyclic) bond motifs is 7. The average Bonchev–Trinajstić information content (AvgIpc) is 3.69. The predicted molar refractivity (Wildman–Crippen MR) is 174 cm³/mol. The monoisotopic (exact) mass is 732 g/mol. The van der Waals surface area contributed by atoms with E-state index in [1.165, 1.54) is 55.0 Å². The van der Waals surface area contributed by atoms with E-state index in [0.29, 0.717) is 0 Å². The normalized spacial score (nSPS) is 12.5. The quantitative estimate of drug-likeness (QED) is 0.166. The Bertz CT molecular complexity index is 2200. The molecule has 9 rings (SSSR count). The molecule has 0 saturated carbocycles. The Morgan fingerprint density at radius 2 is 1.44 bits per heavy atom. The van der Waals surface area contributed by atoms with Gasteiger partial charge in [0.2, 0.25) is 0 Å². The van der Waals surface area contributed by atoms with Crippen molar-refractivity contribution in [3.63, 3.8) is 0 Å². The van der Waals surface area contributed by atoms with E-state index in [1.54, 1.807) is 0 Å². The number of anilines is 3. The molecule has 0 bridgehead atoms. The van der Waals surface area contributed by atoms with Crippen LogP contribution < -0.4 is 9.80 Å². The molecule has 8 aromatic rings. The third-order valence-electron chi connectivity index (χ3n) is 8.11. The SMILES string of the molecule is CN1[CH-]N(c2[c-]ccc3c2c2cccc4c5ccccc5n3c42)c2ccccc21.Cc1ccc(-c2[c-]cccc2)nc1.[Ir+3]. The molecule has 5 aromatic carbocycles. The Kier molecular flexibility index (Phi) is 6.85. The van der Waals surface area contributed by atoms with Crippen molar-refractivity contribution in [3.8, 4) is 11.3 Å². The van der Waals surface area contributed by atoms with E-state index in [4.69, 9.17) is 0 Å². The molecule has 0 N–H and O–H groups in total. The smallest absolute Gasteiger partial charge is 0.504 e. The first-order valence-electron chi connectivity index (χ1n) is 14.1. The molecule has 0 amide bonds. The Morgan fingerprint density at radius 3 is 2.26 bits per heavy atom. The van der Waals surface area contributed by atoms with Gasteiger partial charge in [0.1, 0.15) is 0 Å². The van der Waals surface area contributed by atoms with Crippen LogP contribution in [0.3, 0.4) is 0 Å². The van der Waals surface area contributed by atoms with Gasteiger partial charge in [0.05, 0.1) is 5.52 Å². The molecule has 0 atom stereocenters. The number of nitrogens with zero attached hydrogens (tertiary/aromatic N) is 4. The molecule has 0 unspecified atom stereocenters. The number of rotatable bonds is 2. The Balaban J connectivity index is 0.000000182. The molecule has 1 aliphatic rings. The van der Waals surface area contributed by atoms with Crippen LogP contribution in [0.15, 0.2) is 121 Å². The second-order valence-electron chi connectivity index (χ2n) is 10.7. The second kappa shape index (κ2) is 10.9. The number of hydrogen-bond donors (Lipinski definition) is 0. The number of hydrogen-bond acceptors (Lipinski definition) is 3. The van der Waals surface area contributed by atoms with E-state index in [-0.39, 0.29) is 20.1 Å². The Labute approximate surface area is 264 Å². The molecule has 1 aliphatic heterocycles. The molecule has 3 aromatic heterocycles. The van der Waals surface area contributed by atoms with Crippen molar-refractivity contribution < 1.29 is 20.1 Å². The van der Waals surface area contributed by atoms with Crippen LogP contribution in [0.5, 0.6) is 0 Å². The van der Waals surface area contributed by atoms with Gasteiger partial charge in [-0.2, -0.15) is 18.8 Å². The minimum Gasteiger partial charge on any atom is -0.504 e. The van der Waals surface area contributed by atoms with Gasteiger partial charge in [0.15, 0.2) is 0 Å². The van der Waals surface area contributed by atoms with Crippen molar-refractivity contribution in [3.05, 3.63) is 146 Å². The van der Waals surface area contributed by atoms with Crippen LogP contribution in [-0.2, 0) is 20.1 Å². The van der Waals surface area contributed by atoms with Crippen LogP contribution in [0.4, 0.5) is 17.1 Å². The maximum absolute atomic E-state index is 4.32. The van der Waals surface area contributed by atoms with Gasteiger partial charge in [-0.15, -0.1) is 42.0 Å². The summed E-state index contributed by atoms with van der Waals surface area (Å²) in [5.41, 5.74) is 10.5. The molecule has 0 spiro atoms. The van der Waals surface area contributed by atoms with Crippen molar-refractivity contribution in [2.24, 2.45) is 0 Å². The van der Waals surface area contributed by atoms with Gasteiger partial charge in [-0.25, -0.2) is 0 Å². The van der Waals surface area contributed by atoms with Gasteiger partial charge in [-0.3, -0.25) is 0 Å². The zero-order chi connectivity index (χ0) is 28.2. The summed E-state index contributed by atoms with van der Waals surface area (Å²) < 4.78 is 2.42. The van der Waals surface area contributed by atoms with Gasteiger partial charge in [0, 0.05) is 33.9 Å². The fourth-order valence-electron chi connectivity index (χ4n) is 6.21.